The van der Waals surface area contributed by atoms with Gasteiger partial charge in [-0.1, -0.05) is 43.9 Å². The fraction of sp³-hybridized carbons (Fsp3) is 0.321. The molecule has 0 aliphatic heterocycles. The molecule has 1 amide bonds. The van der Waals surface area contributed by atoms with E-state index in [1.165, 1.54) is 41.4 Å². The molecule has 190 valence electrons. The van der Waals surface area contributed by atoms with Gasteiger partial charge in [-0.15, -0.1) is 0 Å². The number of carbonyl (C=O) groups is 1. The fourth-order valence-corrected chi connectivity index (χ4v) is 4.84. The van der Waals surface area contributed by atoms with Gasteiger partial charge < -0.3 is 9.64 Å². The number of hydrogen-bond acceptors (Lipinski definition) is 4. The first kappa shape index (κ1) is 27.0. The molecule has 6 nitrogen and oxygen atoms in total. The minimum absolute atomic E-state index is 0.0262. The number of carbonyl (C=O) groups excluding carboxylic acids is 1. The number of rotatable bonds is 5. The van der Waals surface area contributed by atoms with Gasteiger partial charge >= 0.3 is 6.09 Å². The molecule has 0 fully saturated rings. The Bertz CT molecular complexity index is 1420. The summed E-state index contributed by atoms with van der Waals surface area (Å²) in [6.07, 6.45) is 0.853. The van der Waals surface area contributed by atoms with Crippen LogP contribution in [0.1, 0.15) is 45.7 Å². The predicted molar refractivity (Wildman–Crippen MR) is 138 cm³/mol. The van der Waals surface area contributed by atoms with E-state index in [4.69, 9.17) is 4.74 Å². The number of nitrogens with zero attached hydrogens (tertiary/aromatic N) is 2. The number of aromatic nitrogens is 1. The van der Waals surface area contributed by atoms with Crippen molar-refractivity contribution in [2.45, 2.75) is 51.7 Å². The SMILES string of the molecule is CC(C)C#Cc1cccc(S(=O)(=O)n2cc(CN(C)C(=O)OC(C)(C)C)cc2-c2ccccc2F)c1. The smallest absolute Gasteiger partial charge is 0.410 e. The Morgan fingerprint density at radius 3 is 2.44 bits per heavy atom. The van der Waals surface area contributed by atoms with Crippen molar-refractivity contribution >= 4 is 16.1 Å². The molecule has 0 saturated carbocycles. The lowest BCUT2D eigenvalue weighted by molar-refractivity contribution is 0.0285. The monoisotopic (exact) mass is 510 g/mol. The van der Waals surface area contributed by atoms with Crippen LogP contribution in [0.3, 0.4) is 0 Å². The van der Waals surface area contributed by atoms with Gasteiger partial charge in [-0.2, -0.15) is 0 Å². The number of benzene rings is 2. The minimum Gasteiger partial charge on any atom is -0.444 e. The number of ether oxygens (including phenoxy) is 1. The summed E-state index contributed by atoms with van der Waals surface area (Å²) in [5.41, 5.74) is 0.667. The van der Waals surface area contributed by atoms with Gasteiger partial charge in [0.25, 0.3) is 10.0 Å². The van der Waals surface area contributed by atoms with Crippen LogP contribution in [0, 0.1) is 23.6 Å². The average Bonchev–Trinajstić information content (AvgIpc) is 3.21. The highest BCUT2D eigenvalue weighted by molar-refractivity contribution is 7.90. The molecule has 1 aromatic heterocycles. The van der Waals surface area contributed by atoms with Crippen LogP contribution in [0.4, 0.5) is 9.18 Å². The maximum Gasteiger partial charge on any atom is 0.410 e. The predicted octanol–water partition coefficient (Wildman–Crippen LogP) is 5.91. The summed E-state index contributed by atoms with van der Waals surface area (Å²) in [4.78, 5) is 13.8. The summed E-state index contributed by atoms with van der Waals surface area (Å²) in [6.45, 7) is 9.25. The molecule has 0 atom stereocenters. The van der Waals surface area contributed by atoms with E-state index in [0.717, 1.165) is 3.97 Å². The molecule has 36 heavy (non-hydrogen) atoms. The van der Waals surface area contributed by atoms with Gasteiger partial charge in [0.1, 0.15) is 11.4 Å². The lowest BCUT2D eigenvalue weighted by atomic mass is 10.1. The number of amides is 1. The van der Waals surface area contributed by atoms with Crippen LogP contribution in [0.2, 0.25) is 0 Å². The summed E-state index contributed by atoms with van der Waals surface area (Å²) in [5.74, 6) is 5.58. The summed E-state index contributed by atoms with van der Waals surface area (Å²) in [5, 5.41) is 0. The summed E-state index contributed by atoms with van der Waals surface area (Å²) < 4.78 is 48.7. The normalized spacial score (nSPS) is 11.7. The molecule has 0 aliphatic carbocycles. The Balaban J connectivity index is 2.08. The van der Waals surface area contributed by atoms with E-state index < -0.39 is 27.5 Å². The minimum atomic E-state index is -4.11. The van der Waals surface area contributed by atoms with Crippen molar-refractivity contribution in [3.63, 3.8) is 0 Å². The molecular formula is C28H31FN2O4S. The molecule has 0 bridgehead atoms. The topological polar surface area (TPSA) is 68.6 Å². The summed E-state index contributed by atoms with van der Waals surface area (Å²) in [6, 6.07) is 13.9. The number of hydrogen-bond donors (Lipinski definition) is 0. The van der Waals surface area contributed by atoms with E-state index in [1.807, 2.05) is 13.8 Å². The second kappa shape index (κ2) is 10.6. The lowest BCUT2D eigenvalue weighted by Gasteiger charge is -2.24. The summed E-state index contributed by atoms with van der Waals surface area (Å²) in [7, 11) is -2.56. The van der Waals surface area contributed by atoms with Crippen LogP contribution in [-0.2, 0) is 21.3 Å². The Labute approximate surface area is 212 Å². The van der Waals surface area contributed by atoms with E-state index in [9.17, 15) is 17.6 Å². The van der Waals surface area contributed by atoms with Gasteiger partial charge in [-0.25, -0.2) is 21.6 Å². The third-order valence-electron chi connectivity index (χ3n) is 5.01. The van der Waals surface area contributed by atoms with Gasteiger partial charge in [0, 0.05) is 30.3 Å². The number of halogens is 1. The van der Waals surface area contributed by atoms with E-state index >= 15 is 0 Å². The molecule has 0 aliphatic rings. The first-order chi connectivity index (χ1) is 16.8. The van der Waals surface area contributed by atoms with Gasteiger partial charge in [-0.3, -0.25) is 0 Å². The molecule has 3 rings (SSSR count). The second-order valence-corrected chi connectivity index (χ2v) is 11.6. The second-order valence-electron chi connectivity index (χ2n) is 9.80. The van der Waals surface area contributed by atoms with E-state index in [0.29, 0.717) is 11.1 Å². The third-order valence-corrected chi connectivity index (χ3v) is 6.68. The largest absolute Gasteiger partial charge is 0.444 e. The standard InChI is InChI=1S/C28H31FN2O4S/c1-20(2)14-15-21-10-9-11-23(16-21)36(33,34)31-19-22(18-30(6)27(32)35-28(3,4)5)17-26(31)24-12-7-8-13-25(24)29/h7-13,16-17,19-20H,18H2,1-6H3. The van der Waals surface area contributed by atoms with Crippen LogP contribution in [0.15, 0.2) is 65.7 Å². The zero-order valence-electron chi connectivity index (χ0n) is 21.4. The Morgan fingerprint density at radius 1 is 1.11 bits per heavy atom. The van der Waals surface area contributed by atoms with E-state index in [-0.39, 0.29) is 28.6 Å². The van der Waals surface area contributed by atoms with Gasteiger partial charge in [-0.05, 0) is 62.7 Å². The quantitative estimate of drug-likeness (QED) is 0.401. The first-order valence-electron chi connectivity index (χ1n) is 11.6. The van der Waals surface area contributed by atoms with Crippen LogP contribution in [0.25, 0.3) is 11.3 Å². The van der Waals surface area contributed by atoms with Crippen molar-refractivity contribution in [1.29, 1.82) is 0 Å². The molecule has 0 radical (unpaired) electrons. The Kier molecular flexibility index (Phi) is 7.95. The zero-order valence-corrected chi connectivity index (χ0v) is 22.2. The molecule has 8 heteroatoms. The first-order valence-corrected chi connectivity index (χ1v) is 13.0. The van der Waals surface area contributed by atoms with E-state index in [2.05, 4.69) is 11.8 Å². The van der Waals surface area contributed by atoms with Crippen molar-refractivity contribution in [2.24, 2.45) is 5.92 Å². The van der Waals surface area contributed by atoms with Crippen LogP contribution >= 0.6 is 0 Å². The van der Waals surface area contributed by atoms with Crippen LogP contribution in [-0.4, -0.2) is 36.0 Å². The molecule has 1 heterocycles. The van der Waals surface area contributed by atoms with Crippen molar-refractivity contribution in [2.75, 3.05) is 7.05 Å². The Hall–Kier alpha value is -3.57. The lowest BCUT2D eigenvalue weighted by Crippen LogP contribution is -2.33. The van der Waals surface area contributed by atoms with Crippen LogP contribution < -0.4 is 0 Å². The highest BCUT2D eigenvalue weighted by Gasteiger charge is 2.25. The zero-order chi connectivity index (χ0) is 26.7. The van der Waals surface area contributed by atoms with E-state index in [1.54, 1.807) is 52.1 Å². The molecule has 0 N–H and O–H groups in total. The van der Waals surface area contributed by atoms with Crippen molar-refractivity contribution in [1.82, 2.24) is 8.87 Å². The van der Waals surface area contributed by atoms with Crippen LogP contribution in [0.5, 0.6) is 0 Å². The molecule has 0 unspecified atom stereocenters. The van der Waals surface area contributed by atoms with Gasteiger partial charge in [0.2, 0.25) is 0 Å². The molecule has 3 aromatic rings. The van der Waals surface area contributed by atoms with Gasteiger partial charge in [0.15, 0.2) is 0 Å². The third kappa shape index (κ3) is 6.55. The maximum absolute atomic E-state index is 14.8. The van der Waals surface area contributed by atoms with Crippen molar-refractivity contribution in [3.8, 4) is 23.1 Å². The van der Waals surface area contributed by atoms with Crippen molar-refractivity contribution in [3.05, 3.63) is 77.7 Å². The summed E-state index contributed by atoms with van der Waals surface area (Å²) >= 11 is 0. The van der Waals surface area contributed by atoms with Gasteiger partial charge in [0.05, 0.1) is 17.1 Å². The Morgan fingerprint density at radius 2 is 1.81 bits per heavy atom. The molecule has 2 aromatic carbocycles. The highest BCUT2D eigenvalue weighted by atomic mass is 32.2. The fourth-order valence-electron chi connectivity index (χ4n) is 3.40. The molecule has 0 saturated heterocycles. The highest BCUT2D eigenvalue weighted by Crippen LogP contribution is 2.30. The average molecular weight is 511 g/mol. The maximum atomic E-state index is 14.8. The molecular weight excluding hydrogens is 479 g/mol. The molecule has 0 spiro atoms. The van der Waals surface area contributed by atoms with Crippen molar-refractivity contribution < 1.29 is 22.3 Å².